The molecule has 126 valence electrons. The van der Waals surface area contributed by atoms with Gasteiger partial charge < -0.3 is 5.32 Å². The molecule has 1 aliphatic heterocycles. The number of benzene rings is 1. The summed E-state index contributed by atoms with van der Waals surface area (Å²) in [6, 6.07) is 10.5. The Morgan fingerprint density at radius 2 is 1.92 bits per heavy atom. The van der Waals surface area contributed by atoms with Gasteiger partial charge in [-0.3, -0.25) is 9.69 Å². The molecule has 1 aromatic heterocycles. The van der Waals surface area contributed by atoms with Crippen molar-refractivity contribution in [3.8, 4) is 0 Å². The molecule has 1 saturated carbocycles. The molecule has 2 fully saturated rings. The van der Waals surface area contributed by atoms with Crippen LogP contribution in [-0.4, -0.2) is 28.9 Å². The van der Waals surface area contributed by atoms with Crippen LogP contribution in [0.4, 0.5) is 5.13 Å². The van der Waals surface area contributed by atoms with Gasteiger partial charge >= 0.3 is 0 Å². The lowest BCUT2D eigenvalue weighted by molar-refractivity contribution is -0.121. The molecule has 2 heterocycles. The van der Waals surface area contributed by atoms with Gasteiger partial charge in [0.15, 0.2) is 5.13 Å². The van der Waals surface area contributed by atoms with E-state index in [1.54, 1.807) is 11.3 Å². The number of thiazole rings is 1. The molecule has 0 radical (unpaired) electrons. The third kappa shape index (κ3) is 3.84. The number of likely N-dealkylation sites (tertiary alicyclic amines) is 1. The van der Waals surface area contributed by atoms with E-state index in [-0.39, 0.29) is 11.8 Å². The lowest BCUT2D eigenvalue weighted by atomic mass is 9.95. The molecule has 24 heavy (non-hydrogen) atoms. The van der Waals surface area contributed by atoms with Crippen molar-refractivity contribution in [2.24, 2.45) is 5.92 Å². The Hall–Kier alpha value is -1.72. The van der Waals surface area contributed by atoms with E-state index in [0.29, 0.717) is 5.92 Å². The summed E-state index contributed by atoms with van der Waals surface area (Å²) < 4.78 is 0. The van der Waals surface area contributed by atoms with Crippen molar-refractivity contribution in [1.82, 2.24) is 9.88 Å². The number of rotatable bonds is 5. The summed E-state index contributed by atoms with van der Waals surface area (Å²) in [5, 5.41) is 5.89. The molecular weight excluding hydrogens is 318 g/mol. The molecule has 1 amide bonds. The largest absolute Gasteiger partial charge is 0.302 e. The first kappa shape index (κ1) is 15.8. The number of nitrogens with zero attached hydrogens (tertiary/aromatic N) is 2. The van der Waals surface area contributed by atoms with Gasteiger partial charge in [-0.2, -0.15) is 0 Å². The van der Waals surface area contributed by atoms with Crippen molar-refractivity contribution in [3.05, 3.63) is 47.0 Å². The van der Waals surface area contributed by atoms with Gasteiger partial charge in [0.1, 0.15) is 0 Å². The fourth-order valence-corrected chi connectivity index (χ4v) is 4.11. The van der Waals surface area contributed by atoms with Gasteiger partial charge in [0.05, 0.1) is 5.69 Å². The zero-order valence-corrected chi connectivity index (χ0v) is 14.6. The monoisotopic (exact) mass is 341 g/mol. The van der Waals surface area contributed by atoms with Crippen molar-refractivity contribution >= 4 is 22.4 Å². The highest BCUT2D eigenvalue weighted by atomic mass is 32.1. The second-order valence-corrected chi connectivity index (χ2v) is 7.74. The average Bonchev–Trinajstić information content (AvgIpc) is 3.36. The van der Waals surface area contributed by atoms with Crippen LogP contribution in [0.3, 0.4) is 0 Å². The number of aromatic nitrogens is 1. The van der Waals surface area contributed by atoms with E-state index in [1.807, 2.05) is 6.07 Å². The quantitative estimate of drug-likeness (QED) is 0.898. The van der Waals surface area contributed by atoms with E-state index in [2.05, 4.69) is 44.8 Å². The summed E-state index contributed by atoms with van der Waals surface area (Å²) in [5.41, 5.74) is 2.50. The smallest absolute Gasteiger partial charge is 0.229 e. The van der Waals surface area contributed by atoms with Crippen LogP contribution < -0.4 is 5.32 Å². The van der Waals surface area contributed by atoms with Crippen LogP contribution in [0.25, 0.3) is 0 Å². The number of anilines is 1. The molecule has 1 aliphatic carbocycles. The second kappa shape index (κ2) is 7.03. The molecule has 4 nitrogen and oxygen atoms in total. The highest BCUT2D eigenvalue weighted by Gasteiger charge is 2.28. The summed E-state index contributed by atoms with van der Waals surface area (Å²) >= 11 is 1.56. The van der Waals surface area contributed by atoms with Gasteiger partial charge in [-0.25, -0.2) is 4.98 Å². The van der Waals surface area contributed by atoms with Crippen LogP contribution in [0.15, 0.2) is 35.7 Å². The average molecular weight is 341 g/mol. The second-order valence-electron chi connectivity index (χ2n) is 6.88. The summed E-state index contributed by atoms with van der Waals surface area (Å²) in [6.07, 6.45) is 4.35. The summed E-state index contributed by atoms with van der Waals surface area (Å²) in [5.74, 6) is 0.907. The van der Waals surface area contributed by atoms with Crippen molar-refractivity contribution in [2.45, 2.75) is 38.1 Å². The Balaban J connectivity index is 1.26. The minimum Gasteiger partial charge on any atom is -0.302 e. The third-order valence-electron chi connectivity index (χ3n) is 4.96. The number of piperidine rings is 1. The zero-order valence-electron chi connectivity index (χ0n) is 13.8. The van der Waals surface area contributed by atoms with Crippen molar-refractivity contribution in [1.29, 1.82) is 0 Å². The molecule has 0 unspecified atom stereocenters. The molecular formula is C19H23N3OS. The zero-order chi connectivity index (χ0) is 16.4. The van der Waals surface area contributed by atoms with Gasteiger partial charge in [0.2, 0.25) is 5.91 Å². The van der Waals surface area contributed by atoms with E-state index in [0.717, 1.165) is 43.3 Å². The maximum absolute atomic E-state index is 12.5. The molecule has 0 bridgehead atoms. The Morgan fingerprint density at radius 1 is 1.17 bits per heavy atom. The lowest BCUT2D eigenvalue weighted by Gasteiger charge is -2.31. The van der Waals surface area contributed by atoms with Crippen LogP contribution in [-0.2, 0) is 11.3 Å². The number of nitrogens with one attached hydrogen (secondary N) is 1. The van der Waals surface area contributed by atoms with Crippen LogP contribution in [0, 0.1) is 5.92 Å². The topological polar surface area (TPSA) is 45.2 Å². The number of carbonyl (C=O) groups is 1. The minimum atomic E-state index is 0.116. The van der Waals surface area contributed by atoms with Crippen LogP contribution in [0.5, 0.6) is 0 Å². The van der Waals surface area contributed by atoms with Crippen molar-refractivity contribution in [3.63, 3.8) is 0 Å². The van der Waals surface area contributed by atoms with E-state index in [9.17, 15) is 4.79 Å². The van der Waals surface area contributed by atoms with Crippen molar-refractivity contribution in [2.75, 3.05) is 18.4 Å². The Bertz CT molecular complexity index is 688. The molecule has 1 N–H and O–H groups in total. The third-order valence-corrected chi connectivity index (χ3v) is 5.73. The lowest BCUT2D eigenvalue weighted by Crippen LogP contribution is -2.37. The fourth-order valence-electron chi connectivity index (χ4n) is 3.31. The Morgan fingerprint density at radius 3 is 2.62 bits per heavy atom. The molecule has 0 atom stereocenters. The Labute approximate surface area is 146 Å². The summed E-state index contributed by atoms with van der Waals surface area (Å²) in [4.78, 5) is 19.5. The number of carbonyl (C=O) groups excluding carboxylic acids is 1. The maximum atomic E-state index is 12.5. The molecule has 2 aliphatic rings. The van der Waals surface area contributed by atoms with Gasteiger partial charge in [-0.05, 0) is 44.3 Å². The number of hydrogen-bond donors (Lipinski definition) is 1. The predicted molar refractivity (Wildman–Crippen MR) is 97.2 cm³/mol. The van der Waals surface area contributed by atoms with Gasteiger partial charge in [0.25, 0.3) is 0 Å². The SMILES string of the molecule is O=C(Nc1nc(C2CC2)cs1)C1CCN(Cc2ccccc2)CC1. The standard InChI is InChI=1S/C19H23N3OS/c23-18(21-19-20-17(13-24-19)15-6-7-15)16-8-10-22(11-9-16)12-14-4-2-1-3-5-14/h1-5,13,15-16H,6-12H2,(H,20,21,23). The van der Waals surface area contributed by atoms with Crippen LogP contribution in [0.1, 0.15) is 42.9 Å². The molecule has 1 saturated heterocycles. The van der Waals surface area contributed by atoms with Crippen LogP contribution in [0.2, 0.25) is 0 Å². The molecule has 0 spiro atoms. The molecule has 4 rings (SSSR count). The maximum Gasteiger partial charge on any atom is 0.229 e. The molecule has 5 heteroatoms. The molecule has 1 aromatic carbocycles. The van der Waals surface area contributed by atoms with Gasteiger partial charge in [-0.1, -0.05) is 30.3 Å². The van der Waals surface area contributed by atoms with E-state index in [1.165, 1.54) is 18.4 Å². The molecule has 2 aromatic rings. The first-order chi connectivity index (χ1) is 11.8. The highest BCUT2D eigenvalue weighted by molar-refractivity contribution is 7.13. The van der Waals surface area contributed by atoms with Crippen molar-refractivity contribution < 1.29 is 4.79 Å². The normalized spacial score (nSPS) is 19.3. The highest BCUT2D eigenvalue weighted by Crippen LogP contribution is 2.41. The summed E-state index contributed by atoms with van der Waals surface area (Å²) in [7, 11) is 0. The fraction of sp³-hybridized carbons (Fsp3) is 0.474. The first-order valence-corrected chi connectivity index (χ1v) is 9.68. The van der Waals surface area contributed by atoms with E-state index >= 15 is 0 Å². The number of amides is 1. The van der Waals surface area contributed by atoms with Gasteiger partial charge in [-0.15, -0.1) is 11.3 Å². The van der Waals surface area contributed by atoms with Gasteiger partial charge in [0, 0.05) is 23.8 Å². The van der Waals surface area contributed by atoms with Crippen LogP contribution >= 0.6 is 11.3 Å². The minimum absolute atomic E-state index is 0.116. The van der Waals surface area contributed by atoms with E-state index < -0.39 is 0 Å². The number of hydrogen-bond acceptors (Lipinski definition) is 4. The predicted octanol–water partition coefficient (Wildman–Crippen LogP) is 3.87. The first-order valence-electron chi connectivity index (χ1n) is 8.80. The van der Waals surface area contributed by atoms with E-state index in [4.69, 9.17) is 0 Å². The Kier molecular flexibility index (Phi) is 4.63. The summed E-state index contributed by atoms with van der Waals surface area (Å²) in [6.45, 7) is 2.95.